The highest BCUT2D eigenvalue weighted by Crippen LogP contribution is 2.54. The average molecular weight is 383 g/mol. The first-order valence-corrected chi connectivity index (χ1v) is 9.79. The fraction of sp³-hybridized carbons (Fsp3) is 0.368. The first-order chi connectivity index (χ1) is 13.1. The van der Waals surface area contributed by atoms with Gasteiger partial charge in [-0.3, -0.25) is 19.3 Å². The summed E-state index contributed by atoms with van der Waals surface area (Å²) in [7, 11) is 0. The van der Waals surface area contributed by atoms with Gasteiger partial charge in [0.25, 0.3) is 0 Å². The van der Waals surface area contributed by atoms with Crippen molar-refractivity contribution in [2.75, 3.05) is 5.32 Å². The molecule has 2 aromatic rings. The van der Waals surface area contributed by atoms with Crippen molar-refractivity contribution in [2.45, 2.75) is 18.9 Å². The topological polar surface area (TPSA) is 92.5 Å². The maximum Gasteiger partial charge on any atom is 0.234 e. The predicted octanol–water partition coefficient (Wildman–Crippen LogP) is 2.61. The third kappa shape index (κ3) is 2.55. The van der Waals surface area contributed by atoms with Crippen molar-refractivity contribution in [3.8, 4) is 0 Å². The maximum absolute atomic E-state index is 13.1. The third-order valence-corrected chi connectivity index (χ3v) is 6.43. The highest BCUT2D eigenvalue weighted by Gasteiger charge is 2.60. The van der Waals surface area contributed by atoms with Crippen LogP contribution in [0.15, 0.2) is 46.5 Å². The van der Waals surface area contributed by atoms with E-state index in [0.29, 0.717) is 10.9 Å². The highest BCUT2D eigenvalue weighted by atomic mass is 32.1. The molecule has 0 aromatic carbocycles. The molecule has 2 aliphatic carbocycles. The lowest BCUT2D eigenvalue weighted by Gasteiger charge is -2.25. The molecule has 1 N–H and O–H groups in total. The van der Waals surface area contributed by atoms with E-state index in [4.69, 9.17) is 4.42 Å². The molecule has 7 nitrogen and oxygen atoms in total. The van der Waals surface area contributed by atoms with Crippen LogP contribution >= 0.6 is 11.3 Å². The van der Waals surface area contributed by atoms with Crippen LogP contribution < -0.4 is 5.32 Å². The zero-order chi connectivity index (χ0) is 18.5. The molecule has 2 fully saturated rings. The van der Waals surface area contributed by atoms with Crippen LogP contribution in [0, 0.1) is 23.7 Å². The molecule has 1 saturated carbocycles. The second-order valence-electron chi connectivity index (χ2n) is 7.17. The van der Waals surface area contributed by atoms with Crippen LogP contribution in [0.4, 0.5) is 5.13 Å². The Labute approximate surface area is 159 Å². The summed E-state index contributed by atoms with van der Waals surface area (Å²) in [4.78, 5) is 44.0. The second kappa shape index (κ2) is 6.16. The van der Waals surface area contributed by atoms with Gasteiger partial charge in [-0.05, 0) is 30.4 Å². The number of anilines is 1. The summed E-state index contributed by atoms with van der Waals surface area (Å²) in [6.07, 6.45) is 8.00. The average Bonchev–Trinajstić information content (AvgIpc) is 3.45. The van der Waals surface area contributed by atoms with Gasteiger partial charge >= 0.3 is 0 Å². The van der Waals surface area contributed by atoms with Crippen LogP contribution in [-0.2, 0) is 14.4 Å². The van der Waals surface area contributed by atoms with E-state index in [1.807, 2.05) is 0 Å². The van der Waals surface area contributed by atoms with Crippen molar-refractivity contribution in [3.05, 3.63) is 47.9 Å². The summed E-state index contributed by atoms with van der Waals surface area (Å²) in [5, 5.41) is 4.96. The molecule has 138 valence electrons. The smallest absolute Gasteiger partial charge is 0.234 e. The number of fused-ring (bicyclic) bond motifs is 5. The molecule has 27 heavy (non-hydrogen) atoms. The van der Waals surface area contributed by atoms with Crippen LogP contribution in [0.1, 0.15) is 24.6 Å². The van der Waals surface area contributed by atoms with Gasteiger partial charge in [0.05, 0.1) is 24.5 Å². The SMILES string of the molecule is O=C(CC(c1ccco1)N1C(=O)C2C3C=CC(C3)C2C1=O)Nc1nccs1. The molecule has 3 heterocycles. The zero-order valence-electron chi connectivity index (χ0n) is 14.3. The number of allylic oxidation sites excluding steroid dienone is 2. The number of imide groups is 1. The van der Waals surface area contributed by atoms with Gasteiger partial charge in [-0.15, -0.1) is 11.3 Å². The number of aromatic nitrogens is 1. The first kappa shape index (κ1) is 16.4. The molecule has 0 spiro atoms. The molecule has 5 unspecified atom stereocenters. The molecule has 1 aliphatic heterocycles. The Kier molecular flexibility index (Phi) is 3.75. The Hall–Kier alpha value is -2.74. The predicted molar refractivity (Wildman–Crippen MR) is 96.4 cm³/mol. The van der Waals surface area contributed by atoms with Gasteiger partial charge in [-0.1, -0.05) is 12.2 Å². The van der Waals surface area contributed by atoms with Crippen molar-refractivity contribution in [3.63, 3.8) is 0 Å². The number of thiazole rings is 1. The Morgan fingerprint density at radius 1 is 1.30 bits per heavy atom. The molecule has 2 aromatic heterocycles. The number of nitrogens with zero attached hydrogens (tertiary/aromatic N) is 2. The molecule has 2 bridgehead atoms. The van der Waals surface area contributed by atoms with E-state index >= 15 is 0 Å². The van der Waals surface area contributed by atoms with Crippen LogP contribution in [0.25, 0.3) is 0 Å². The van der Waals surface area contributed by atoms with Gasteiger partial charge in [0, 0.05) is 11.6 Å². The molecule has 0 radical (unpaired) electrons. The van der Waals surface area contributed by atoms with E-state index in [1.54, 1.807) is 23.7 Å². The fourth-order valence-electron chi connectivity index (χ4n) is 4.66. The minimum Gasteiger partial charge on any atom is -0.467 e. The van der Waals surface area contributed by atoms with Crippen LogP contribution in [0.3, 0.4) is 0 Å². The number of furan rings is 1. The summed E-state index contributed by atoms with van der Waals surface area (Å²) in [5.74, 6) is -0.600. The van der Waals surface area contributed by atoms with E-state index < -0.39 is 6.04 Å². The van der Waals surface area contributed by atoms with Crippen molar-refractivity contribution in [1.82, 2.24) is 9.88 Å². The van der Waals surface area contributed by atoms with Gasteiger partial charge < -0.3 is 9.73 Å². The zero-order valence-corrected chi connectivity index (χ0v) is 15.1. The lowest BCUT2D eigenvalue weighted by molar-refractivity contribution is -0.144. The molecule has 3 aliphatic rings. The molecule has 5 rings (SSSR count). The Morgan fingerprint density at radius 3 is 2.63 bits per heavy atom. The van der Waals surface area contributed by atoms with Crippen LogP contribution in [0.2, 0.25) is 0 Å². The molecule has 3 amide bonds. The van der Waals surface area contributed by atoms with Crippen molar-refractivity contribution < 1.29 is 18.8 Å². The quantitative estimate of drug-likeness (QED) is 0.633. The minimum atomic E-state index is -0.745. The number of nitrogens with one attached hydrogen (secondary N) is 1. The minimum absolute atomic E-state index is 0.0627. The lowest BCUT2D eigenvalue weighted by Crippen LogP contribution is -2.38. The number of carbonyl (C=O) groups is 3. The Balaban J connectivity index is 1.42. The number of carbonyl (C=O) groups excluding carboxylic acids is 3. The Morgan fingerprint density at radius 2 is 2.04 bits per heavy atom. The molecule has 5 atom stereocenters. The molecule has 1 saturated heterocycles. The van der Waals surface area contributed by atoms with Gasteiger partial charge in [-0.2, -0.15) is 0 Å². The first-order valence-electron chi connectivity index (χ1n) is 8.91. The summed E-state index contributed by atoms with van der Waals surface area (Å²) >= 11 is 1.31. The number of likely N-dealkylation sites (tertiary alicyclic amines) is 1. The van der Waals surface area contributed by atoms with E-state index in [-0.39, 0.29) is 47.8 Å². The normalized spacial score (nSPS) is 29.4. The summed E-state index contributed by atoms with van der Waals surface area (Å²) in [5.41, 5.74) is 0. The summed E-state index contributed by atoms with van der Waals surface area (Å²) in [6.45, 7) is 0. The van der Waals surface area contributed by atoms with Gasteiger partial charge in [0.15, 0.2) is 5.13 Å². The van der Waals surface area contributed by atoms with Crippen LogP contribution in [-0.4, -0.2) is 27.6 Å². The van der Waals surface area contributed by atoms with Gasteiger partial charge in [0.1, 0.15) is 11.8 Å². The summed E-state index contributed by atoms with van der Waals surface area (Å²) in [6, 6.07) is 2.64. The largest absolute Gasteiger partial charge is 0.467 e. The molecule has 8 heteroatoms. The van der Waals surface area contributed by atoms with E-state index in [2.05, 4.69) is 22.5 Å². The number of rotatable bonds is 5. The van der Waals surface area contributed by atoms with Crippen LogP contribution in [0.5, 0.6) is 0 Å². The monoisotopic (exact) mass is 383 g/mol. The highest BCUT2D eigenvalue weighted by molar-refractivity contribution is 7.13. The van der Waals surface area contributed by atoms with E-state index in [9.17, 15) is 14.4 Å². The Bertz CT molecular complexity index is 891. The summed E-state index contributed by atoms with van der Waals surface area (Å²) < 4.78 is 5.48. The molecular formula is C19H17N3O4S. The molecular weight excluding hydrogens is 366 g/mol. The van der Waals surface area contributed by atoms with E-state index in [0.717, 1.165) is 6.42 Å². The standard InChI is InChI=1S/C19H17N3O4S/c23-14(21-19-20-5-7-27-19)9-12(13-2-1-6-26-13)22-17(24)15-10-3-4-11(8-10)16(15)18(22)25/h1-7,10-12,15-16H,8-9H2,(H,20,21,23). The third-order valence-electron chi connectivity index (χ3n) is 5.75. The fourth-order valence-corrected chi connectivity index (χ4v) is 5.21. The number of hydrogen-bond acceptors (Lipinski definition) is 6. The van der Waals surface area contributed by atoms with E-state index in [1.165, 1.54) is 22.5 Å². The van der Waals surface area contributed by atoms with Crippen molar-refractivity contribution in [1.29, 1.82) is 0 Å². The number of amides is 3. The lowest BCUT2D eigenvalue weighted by atomic mass is 9.85. The van der Waals surface area contributed by atoms with Gasteiger partial charge in [-0.25, -0.2) is 4.98 Å². The number of hydrogen-bond donors (Lipinski definition) is 1. The second-order valence-corrected chi connectivity index (χ2v) is 8.06. The van der Waals surface area contributed by atoms with Crippen molar-refractivity contribution >= 4 is 34.2 Å². The van der Waals surface area contributed by atoms with Crippen molar-refractivity contribution in [2.24, 2.45) is 23.7 Å². The van der Waals surface area contributed by atoms with Gasteiger partial charge in [0.2, 0.25) is 17.7 Å². The maximum atomic E-state index is 13.1.